The molecule has 1 N–H and O–H groups in total. The van der Waals surface area contributed by atoms with Crippen LogP contribution >= 0.6 is 0 Å². The van der Waals surface area contributed by atoms with Crippen molar-refractivity contribution in [2.45, 2.75) is 25.6 Å². The lowest BCUT2D eigenvalue weighted by molar-refractivity contribution is 0.171. The number of piperidine rings is 1. The van der Waals surface area contributed by atoms with E-state index in [-0.39, 0.29) is 6.04 Å². The van der Waals surface area contributed by atoms with Crippen LogP contribution < -0.4 is 5.32 Å². The van der Waals surface area contributed by atoms with Crippen LogP contribution in [-0.4, -0.2) is 34.3 Å². The number of alkyl halides is 1. The van der Waals surface area contributed by atoms with Crippen molar-refractivity contribution < 1.29 is 4.39 Å². The second-order valence-electron chi connectivity index (χ2n) is 3.42. The highest BCUT2D eigenvalue weighted by atomic mass is 19.1. The highest BCUT2D eigenvalue weighted by molar-refractivity contribution is 4.91. The molecule has 1 saturated heterocycles. The van der Waals surface area contributed by atoms with Crippen LogP contribution in [0.5, 0.6) is 0 Å². The fraction of sp³-hybridized carbons (Fsp3) is 0.750. The first-order chi connectivity index (χ1) is 6.27. The number of nitrogens with one attached hydrogen (secondary N) is 1. The molecule has 1 fully saturated rings. The van der Waals surface area contributed by atoms with Gasteiger partial charge < -0.3 is 5.32 Å². The van der Waals surface area contributed by atoms with Gasteiger partial charge in [-0.2, -0.15) is 0 Å². The van der Waals surface area contributed by atoms with E-state index in [0.29, 0.717) is 6.54 Å². The Bertz CT molecular complexity index is 285. The third-order valence-corrected chi connectivity index (χ3v) is 2.34. The van der Waals surface area contributed by atoms with Gasteiger partial charge in [0.15, 0.2) is 0 Å². The van der Waals surface area contributed by atoms with Gasteiger partial charge >= 0.3 is 0 Å². The number of aromatic nitrogens is 3. The van der Waals surface area contributed by atoms with E-state index in [2.05, 4.69) is 15.6 Å². The molecule has 72 valence electrons. The van der Waals surface area contributed by atoms with Crippen LogP contribution in [0.25, 0.3) is 0 Å². The summed E-state index contributed by atoms with van der Waals surface area (Å²) in [5, 5.41) is 10.7. The molecule has 5 heteroatoms. The smallest absolute Gasteiger partial charge is 0.135 e. The SMILES string of the molecule is Cc1cn([C@@H]2CCNC[C@H]2F)nn1. The molecule has 4 nitrogen and oxygen atoms in total. The van der Waals surface area contributed by atoms with E-state index in [9.17, 15) is 4.39 Å². The third-order valence-electron chi connectivity index (χ3n) is 2.34. The van der Waals surface area contributed by atoms with Crippen LogP contribution in [-0.2, 0) is 0 Å². The van der Waals surface area contributed by atoms with Crippen molar-refractivity contribution in [2.24, 2.45) is 0 Å². The Morgan fingerprint density at radius 2 is 2.54 bits per heavy atom. The number of hydrogen-bond donors (Lipinski definition) is 1. The molecular weight excluding hydrogens is 171 g/mol. The number of aryl methyl sites for hydroxylation is 1. The van der Waals surface area contributed by atoms with Crippen LogP contribution in [0, 0.1) is 6.92 Å². The zero-order valence-corrected chi connectivity index (χ0v) is 7.57. The number of halogens is 1. The van der Waals surface area contributed by atoms with Gasteiger partial charge in [-0.25, -0.2) is 9.07 Å². The van der Waals surface area contributed by atoms with Crippen molar-refractivity contribution in [3.05, 3.63) is 11.9 Å². The predicted molar refractivity (Wildman–Crippen MR) is 46.2 cm³/mol. The quantitative estimate of drug-likeness (QED) is 0.689. The predicted octanol–water partition coefficient (Wildman–Crippen LogP) is 0.459. The molecule has 0 spiro atoms. The first-order valence-corrected chi connectivity index (χ1v) is 4.50. The van der Waals surface area contributed by atoms with Gasteiger partial charge in [-0.05, 0) is 19.9 Å². The Balaban J connectivity index is 2.14. The summed E-state index contributed by atoms with van der Waals surface area (Å²) in [6.07, 6.45) is 1.72. The van der Waals surface area contributed by atoms with Crippen molar-refractivity contribution >= 4 is 0 Å². The first-order valence-electron chi connectivity index (χ1n) is 4.50. The standard InChI is InChI=1S/C8H13FN4/c1-6-5-13(12-11-6)8-2-3-10-4-7(8)9/h5,7-8,10H,2-4H2,1H3/t7-,8-/m1/s1. The van der Waals surface area contributed by atoms with Crippen LogP contribution in [0.15, 0.2) is 6.20 Å². The fourth-order valence-electron chi connectivity index (χ4n) is 1.63. The van der Waals surface area contributed by atoms with Gasteiger partial charge in [-0.1, -0.05) is 5.21 Å². The van der Waals surface area contributed by atoms with Crippen LogP contribution in [0.2, 0.25) is 0 Å². The molecule has 2 heterocycles. The zero-order chi connectivity index (χ0) is 9.26. The van der Waals surface area contributed by atoms with E-state index in [1.807, 2.05) is 6.92 Å². The molecular formula is C8H13FN4. The molecule has 1 aromatic rings. The molecule has 13 heavy (non-hydrogen) atoms. The lowest BCUT2D eigenvalue weighted by atomic mass is 10.1. The van der Waals surface area contributed by atoms with Gasteiger partial charge in [0, 0.05) is 12.7 Å². The molecule has 1 aliphatic rings. The first kappa shape index (κ1) is 8.62. The summed E-state index contributed by atoms with van der Waals surface area (Å²) in [6.45, 7) is 3.13. The van der Waals surface area contributed by atoms with Gasteiger partial charge in [0.05, 0.1) is 11.7 Å². The summed E-state index contributed by atoms with van der Waals surface area (Å²) >= 11 is 0. The summed E-state index contributed by atoms with van der Waals surface area (Å²) in [5.41, 5.74) is 0.839. The monoisotopic (exact) mass is 184 g/mol. The molecule has 0 unspecified atom stereocenters. The van der Waals surface area contributed by atoms with Crippen molar-refractivity contribution in [2.75, 3.05) is 13.1 Å². The summed E-state index contributed by atoms with van der Waals surface area (Å²) in [7, 11) is 0. The Hall–Kier alpha value is -0.970. The van der Waals surface area contributed by atoms with E-state index in [1.54, 1.807) is 10.9 Å². The number of hydrogen-bond acceptors (Lipinski definition) is 3. The van der Waals surface area contributed by atoms with Crippen molar-refractivity contribution in [1.82, 2.24) is 20.3 Å². The summed E-state index contributed by atoms with van der Waals surface area (Å²) < 4.78 is 15.0. The maximum atomic E-state index is 13.4. The van der Waals surface area contributed by atoms with Gasteiger partial charge in [-0.3, -0.25) is 0 Å². The average molecular weight is 184 g/mol. The van der Waals surface area contributed by atoms with Crippen molar-refractivity contribution in [3.63, 3.8) is 0 Å². The van der Waals surface area contributed by atoms with Crippen molar-refractivity contribution in [1.29, 1.82) is 0 Å². The van der Waals surface area contributed by atoms with Crippen LogP contribution in [0.1, 0.15) is 18.2 Å². The largest absolute Gasteiger partial charge is 0.314 e. The highest BCUT2D eigenvalue weighted by Crippen LogP contribution is 2.20. The molecule has 0 radical (unpaired) electrons. The molecule has 0 bridgehead atoms. The van der Waals surface area contributed by atoms with Gasteiger partial charge in [0.2, 0.25) is 0 Å². The van der Waals surface area contributed by atoms with E-state index >= 15 is 0 Å². The Morgan fingerprint density at radius 3 is 3.15 bits per heavy atom. The average Bonchev–Trinajstić information content (AvgIpc) is 2.53. The molecule has 0 saturated carbocycles. The highest BCUT2D eigenvalue weighted by Gasteiger charge is 2.26. The van der Waals surface area contributed by atoms with Crippen molar-refractivity contribution in [3.8, 4) is 0 Å². The third kappa shape index (κ3) is 1.70. The minimum absolute atomic E-state index is 0.137. The van der Waals surface area contributed by atoms with Crippen LogP contribution in [0.4, 0.5) is 4.39 Å². The minimum atomic E-state index is -0.852. The maximum Gasteiger partial charge on any atom is 0.135 e. The second kappa shape index (κ2) is 3.41. The zero-order valence-electron chi connectivity index (χ0n) is 7.57. The Kier molecular flexibility index (Phi) is 2.26. The Morgan fingerprint density at radius 1 is 1.69 bits per heavy atom. The maximum absolute atomic E-state index is 13.4. The number of nitrogens with zero attached hydrogens (tertiary/aromatic N) is 3. The molecule has 2 rings (SSSR count). The topological polar surface area (TPSA) is 42.7 Å². The molecule has 2 atom stereocenters. The lowest BCUT2D eigenvalue weighted by Gasteiger charge is -2.26. The van der Waals surface area contributed by atoms with Gasteiger partial charge in [-0.15, -0.1) is 5.10 Å². The summed E-state index contributed by atoms with van der Waals surface area (Å²) in [4.78, 5) is 0. The lowest BCUT2D eigenvalue weighted by Crippen LogP contribution is -2.39. The normalized spacial score (nSPS) is 29.1. The van der Waals surface area contributed by atoms with E-state index in [0.717, 1.165) is 18.7 Å². The summed E-state index contributed by atoms with van der Waals surface area (Å²) in [6, 6.07) is -0.137. The Labute approximate surface area is 76.1 Å². The van der Waals surface area contributed by atoms with Gasteiger partial charge in [0.25, 0.3) is 0 Å². The molecule has 1 aromatic heterocycles. The van der Waals surface area contributed by atoms with Crippen LogP contribution in [0.3, 0.4) is 0 Å². The van der Waals surface area contributed by atoms with E-state index in [4.69, 9.17) is 0 Å². The molecule has 0 aromatic carbocycles. The van der Waals surface area contributed by atoms with E-state index in [1.165, 1.54) is 0 Å². The number of rotatable bonds is 1. The fourth-order valence-corrected chi connectivity index (χ4v) is 1.63. The molecule has 0 aliphatic carbocycles. The van der Waals surface area contributed by atoms with E-state index < -0.39 is 6.17 Å². The second-order valence-corrected chi connectivity index (χ2v) is 3.42. The summed E-state index contributed by atoms with van der Waals surface area (Å²) in [5.74, 6) is 0. The molecule has 0 amide bonds. The molecule has 1 aliphatic heterocycles. The van der Waals surface area contributed by atoms with Gasteiger partial charge in [0.1, 0.15) is 6.17 Å². The minimum Gasteiger partial charge on any atom is -0.314 e.